The van der Waals surface area contributed by atoms with Crippen molar-refractivity contribution in [3.63, 3.8) is 0 Å². The van der Waals surface area contributed by atoms with Crippen LogP contribution in [-0.2, 0) is 6.54 Å². The fraction of sp³-hybridized carbons (Fsp3) is 0.450. The van der Waals surface area contributed by atoms with E-state index in [9.17, 15) is 4.79 Å². The van der Waals surface area contributed by atoms with Gasteiger partial charge in [-0.05, 0) is 49.7 Å². The standard InChI is InChI=1S/C20H26ClN7O/c1-22-19-23-7-5-18(26-19)28-10-6-16(13-28)25-20(29)24-15-4-3-14(17(21)11-15)12-27-8-2-9-27/h3-5,7,11,16H,2,6,8-10,12-13H2,1H3,(H,22,23,26)(H2,24,25,29)/t16-/m0/s1. The maximum Gasteiger partial charge on any atom is 0.319 e. The summed E-state index contributed by atoms with van der Waals surface area (Å²) in [4.78, 5) is 25.5. The molecule has 1 aromatic carbocycles. The molecule has 1 aromatic heterocycles. The number of nitrogens with zero attached hydrogens (tertiary/aromatic N) is 4. The van der Waals surface area contributed by atoms with Crippen molar-refractivity contribution in [2.75, 3.05) is 48.8 Å². The van der Waals surface area contributed by atoms with Crippen molar-refractivity contribution in [3.05, 3.63) is 41.0 Å². The molecule has 0 aliphatic carbocycles. The molecule has 29 heavy (non-hydrogen) atoms. The molecule has 0 unspecified atom stereocenters. The molecule has 3 heterocycles. The molecule has 9 heteroatoms. The van der Waals surface area contributed by atoms with E-state index in [1.54, 1.807) is 13.2 Å². The zero-order valence-corrected chi connectivity index (χ0v) is 17.2. The minimum Gasteiger partial charge on any atom is -0.357 e. The normalized spacial score (nSPS) is 19.0. The van der Waals surface area contributed by atoms with Crippen LogP contribution in [0.4, 0.5) is 22.2 Å². The summed E-state index contributed by atoms with van der Waals surface area (Å²) in [5.74, 6) is 1.45. The summed E-state index contributed by atoms with van der Waals surface area (Å²) in [6.07, 6.45) is 3.85. The van der Waals surface area contributed by atoms with E-state index in [0.717, 1.165) is 44.0 Å². The Morgan fingerprint density at radius 3 is 2.86 bits per heavy atom. The van der Waals surface area contributed by atoms with Crippen molar-refractivity contribution in [2.45, 2.75) is 25.4 Å². The van der Waals surface area contributed by atoms with Gasteiger partial charge in [-0.3, -0.25) is 4.90 Å². The molecule has 0 saturated carbocycles. The maximum absolute atomic E-state index is 12.4. The molecule has 2 aliphatic rings. The van der Waals surface area contributed by atoms with E-state index in [2.05, 4.69) is 35.7 Å². The number of nitrogens with one attached hydrogen (secondary N) is 3. The highest BCUT2D eigenvalue weighted by molar-refractivity contribution is 6.31. The van der Waals surface area contributed by atoms with Gasteiger partial charge >= 0.3 is 6.03 Å². The molecule has 0 spiro atoms. The lowest BCUT2D eigenvalue weighted by atomic mass is 10.1. The highest BCUT2D eigenvalue weighted by Crippen LogP contribution is 2.24. The maximum atomic E-state index is 12.4. The van der Waals surface area contributed by atoms with Crippen LogP contribution < -0.4 is 20.9 Å². The zero-order chi connectivity index (χ0) is 20.2. The van der Waals surface area contributed by atoms with Crippen molar-refractivity contribution < 1.29 is 4.79 Å². The molecule has 2 saturated heterocycles. The molecule has 3 N–H and O–H groups in total. The number of amides is 2. The van der Waals surface area contributed by atoms with Crippen molar-refractivity contribution in [1.82, 2.24) is 20.2 Å². The summed E-state index contributed by atoms with van der Waals surface area (Å²) in [5, 5.41) is 9.56. The molecular weight excluding hydrogens is 390 g/mol. The first-order chi connectivity index (χ1) is 14.1. The van der Waals surface area contributed by atoms with Gasteiger partial charge in [0, 0.05) is 49.6 Å². The number of anilines is 3. The summed E-state index contributed by atoms with van der Waals surface area (Å²) < 4.78 is 0. The van der Waals surface area contributed by atoms with E-state index in [4.69, 9.17) is 11.6 Å². The van der Waals surface area contributed by atoms with Gasteiger partial charge in [-0.25, -0.2) is 9.78 Å². The van der Waals surface area contributed by atoms with Gasteiger partial charge in [0.25, 0.3) is 0 Å². The second-order valence-electron chi connectivity index (χ2n) is 7.45. The van der Waals surface area contributed by atoms with Crippen LogP contribution in [0.3, 0.4) is 0 Å². The summed E-state index contributed by atoms with van der Waals surface area (Å²) in [5.41, 5.74) is 1.79. The predicted molar refractivity (Wildman–Crippen MR) is 116 cm³/mol. The van der Waals surface area contributed by atoms with Gasteiger partial charge in [-0.15, -0.1) is 0 Å². The monoisotopic (exact) mass is 415 g/mol. The molecule has 2 aliphatic heterocycles. The molecule has 2 fully saturated rings. The Hall–Kier alpha value is -2.58. The lowest BCUT2D eigenvalue weighted by Gasteiger charge is -2.31. The number of halogens is 1. The van der Waals surface area contributed by atoms with Gasteiger partial charge in [0.05, 0.1) is 0 Å². The molecule has 2 aromatic rings. The minimum atomic E-state index is -0.220. The van der Waals surface area contributed by atoms with Gasteiger partial charge in [-0.2, -0.15) is 4.98 Å². The number of rotatable bonds is 6. The number of aromatic nitrogens is 2. The zero-order valence-electron chi connectivity index (χ0n) is 16.5. The highest BCUT2D eigenvalue weighted by Gasteiger charge is 2.25. The third-order valence-electron chi connectivity index (χ3n) is 5.37. The molecule has 0 bridgehead atoms. The number of urea groups is 1. The van der Waals surface area contributed by atoms with E-state index >= 15 is 0 Å². The summed E-state index contributed by atoms with van der Waals surface area (Å²) in [7, 11) is 1.79. The average Bonchev–Trinajstić information content (AvgIpc) is 3.14. The number of benzene rings is 1. The van der Waals surface area contributed by atoms with Crippen LogP contribution in [0.15, 0.2) is 30.5 Å². The smallest absolute Gasteiger partial charge is 0.319 e. The Kier molecular flexibility index (Phi) is 6.01. The quantitative estimate of drug-likeness (QED) is 0.672. The molecule has 4 rings (SSSR count). The Bertz CT molecular complexity index is 874. The number of likely N-dealkylation sites (tertiary alicyclic amines) is 1. The number of carbonyl (C=O) groups is 1. The van der Waals surface area contributed by atoms with Crippen molar-refractivity contribution in [2.24, 2.45) is 0 Å². The first kappa shape index (κ1) is 19.7. The van der Waals surface area contributed by atoms with E-state index in [-0.39, 0.29) is 12.1 Å². The van der Waals surface area contributed by atoms with Crippen LogP contribution in [0, 0.1) is 0 Å². The van der Waals surface area contributed by atoms with E-state index < -0.39 is 0 Å². The van der Waals surface area contributed by atoms with Crippen LogP contribution >= 0.6 is 11.6 Å². The van der Waals surface area contributed by atoms with Gasteiger partial charge in [0.1, 0.15) is 5.82 Å². The van der Waals surface area contributed by atoms with E-state index in [1.807, 2.05) is 24.3 Å². The van der Waals surface area contributed by atoms with Crippen LogP contribution in [0.5, 0.6) is 0 Å². The Labute approximate surface area is 175 Å². The second-order valence-corrected chi connectivity index (χ2v) is 7.86. The Morgan fingerprint density at radius 2 is 2.14 bits per heavy atom. The second kappa shape index (κ2) is 8.84. The third-order valence-corrected chi connectivity index (χ3v) is 5.72. The lowest BCUT2D eigenvalue weighted by molar-refractivity contribution is 0.172. The molecule has 154 valence electrons. The Morgan fingerprint density at radius 1 is 1.28 bits per heavy atom. The average molecular weight is 416 g/mol. The van der Waals surface area contributed by atoms with Crippen molar-refractivity contribution in [3.8, 4) is 0 Å². The first-order valence-electron chi connectivity index (χ1n) is 9.95. The summed E-state index contributed by atoms with van der Waals surface area (Å²) >= 11 is 6.40. The van der Waals surface area contributed by atoms with E-state index in [0.29, 0.717) is 23.2 Å². The summed E-state index contributed by atoms with van der Waals surface area (Å²) in [6, 6.07) is 7.43. The molecular formula is C20H26ClN7O. The number of hydrogen-bond donors (Lipinski definition) is 3. The Balaban J connectivity index is 1.29. The van der Waals surface area contributed by atoms with Gasteiger partial charge < -0.3 is 20.9 Å². The largest absolute Gasteiger partial charge is 0.357 e. The van der Waals surface area contributed by atoms with Crippen LogP contribution in [0.1, 0.15) is 18.4 Å². The first-order valence-corrected chi connectivity index (χ1v) is 10.3. The number of hydrogen-bond acceptors (Lipinski definition) is 6. The lowest BCUT2D eigenvalue weighted by Crippen LogP contribution is -2.39. The fourth-order valence-corrected chi connectivity index (χ4v) is 3.86. The van der Waals surface area contributed by atoms with E-state index in [1.165, 1.54) is 6.42 Å². The topological polar surface area (TPSA) is 85.4 Å². The predicted octanol–water partition coefficient (Wildman–Crippen LogP) is 2.78. The van der Waals surface area contributed by atoms with Crippen LogP contribution in [0.2, 0.25) is 5.02 Å². The van der Waals surface area contributed by atoms with Gasteiger partial charge in [-0.1, -0.05) is 17.7 Å². The summed E-state index contributed by atoms with van der Waals surface area (Å²) in [6.45, 7) is 4.66. The molecule has 1 atom stereocenters. The molecule has 2 amide bonds. The van der Waals surface area contributed by atoms with Gasteiger partial charge in [0.15, 0.2) is 0 Å². The SMILES string of the molecule is CNc1nccc(N2CC[C@H](NC(=O)Nc3ccc(CN4CCC4)c(Cl)c3)C2)n1. The van der Waals surface area contributed by atoms with Gasteiger partial charge in [0.2, 0.25) is 5.95 Å². The molecule has 0 radical (unpaired) electrons. The van der Waals surface area contributed by atoms with Crippen molar-refractivity contribution >= 4 is 35.1 Å². The highest BCUT2D eigenvalue weighted by atomic mass is 35.5. The van der Waals surface area contributed by atoms with Crippen LogP contribution in [-0.4, -0.2) is 60.2 Å². The third kappa shape index (κ3) is 4.89. The molecule has 8 nitrogen and oxygen atoms in total. The fourth-order valence-electron chi connectivity index (χ4n) is 3.62. The number of carbonyl (C=O) groups excluding carboxylic acids is 1. The van der Waals surface area contributed by atoms with Crippen LogP contribution in [0.25, 0.3) is 0 Å². The van der Waals surface area contributed by atoms with Crippen molar-refractivity contribution in [1.29, 1.82) is 0 Å². The minimum absolute atomic E-state index is 0.0594.